The van der Waals surface area contributed by atoms with Crippen LogP contribution in [0.1, 0.15) is 24.7 Å². The molecule has 1 aromatic heterocycles. The van der Waals surface area contributed by atoms with E-state index >= 15 is 0 Å². The number of rotatable bonds is 6. The Morgan fingerprint density at radius 3 is 2.52 bits per heavy atom. The third-order valence-corrected chi connectivity index (χ3v) is 4.41. The molecular weight excluding hydrogens is 400 g/mol. The van der Waals surface area contributed by atoms with Gasteiger partial charge in [-0.05, 0) is 62.4 Å². The second-order valence-electron chi connectivity index (χ2n) is 4.85. The lowest BCUT2D eigenvalue weighted by Gasteiger charge is -2.14. The standard InChI is InChI=1S/C14H18Br2N4O/c1-3-10(17)4-9-5-11(15)14(12(16)6-9)21-7-13-18-8-19-20(13)2/h5-6,8,10H,3-4,7,17H2,1-2H3. The second-order valence-corrected chi connectivity index (χ2v) is 6.56. The minimum absolute atomic E-state index is 0.175. The van der Waals surface area contributed by atoms with E-state index in [-0.39, 0.29) is 6.04 Å². The summed E-state index contributed by atoms with van der Waals surface area (Å²) in [5.74, 6) is 1.53. The van der Waals surface area contributed by atoms with Gasteiger partial charge >= 0.3 is 0 Å². The van der Waals surface area contributed by atoms with E-state index in [0.717, 1.165) is 33.4 Å². The quantitative estimate of drug-likeness (QED) is 0.783. The molecule has 0 bridgehead atoms. The van der Waals surface area contributed by atoms with Gasteiger partial charge in [-0.25, -0.2) is 4.98 Å². The summed E-state index contributed by atoms with van der Waals surface area (Å²) in [6, 6.07) is 4.27. The van der Waals surface area contributed by atoms with E-state index in [1.165, 1.54) is 11.9 Å². The van der Waals surface area contributed by atoms with Gasteiger partial charge < -0.3 is 10.5 Å². The van der Waals surface area contributed by atoms with Gasteiger partial charge in [-0.1, -0.05) is 6.92 Å². The molecule has 2 rings (SSSR count). The van der Waals surface area contributed by atoms with E-state index in [1.807, 2.05) is 19.2 Å². The van der Waals surface area contributed by atoms with Crippen molar-refractivity contribution < 1.29 is 4.74 Å². The molecule has 1 atom stereocenters. The van der Waals surface area contributed by atoms with Crippen LogP contribution in [0.5, 0.6) is 5.75 Å². The van der Waals surface area contributed by atoms with Crippen LogP contribution in [0.15, 0.2) is 27.4 Å². The molecule has 114 valence electrons. The van der Waals surface area contributed by atoms with E-state index in [2.05, 4.69) is 48.9 Å². The Labute approximate surface area is 141 Å². The van der Waals surface area contributed by atoms with Crippen molar-refractivity contribution in [2.45, 2.75) is 32.4 Å². The molecule has 0 radical (unpaired) electrons. The lowest BCUT2D eigenvalue weighted by Crippen LogP contribution is -2.21. The first-order chi connectivity index (χ1) is 10.0. The molecule has 0 aliphatic heterocycles. The highest BCUT2D eigenvalue weighted by Gasteiger charge is 2.12. The fourth-order valence-electron chi connectivity index (χ4n) is 1.90. The minimum Gasteiger partial charge on any atom is -0.483 e. The van der Waals surface area contributed by atoms with Gasteiger partial charge in [0.25, 0.3) is 0 Å². The smallest absolute Gasteiger partial charge is 0.164 e. The average Bonchev–Trinajstić information content (AvgIpc) is 2.83. The molecule has 2 aromatic rings. The predicted octanol–water partition coefficient (Wildman–Crippen LogP) is 3.20. The average molecular weight is 418 g/mol. The Morgan fingerprint density at radius 2 is 2.00 bits per heavy atom. The van der Waals surface area contributed by atoms with E-state index in [1.54, 1.807) is 4.68 Å². The molecular formula is C14H18Br2N4O. The maximum absolute atomic E-state index is 6.00. The summed E-state index contributed by atoms with van der Waals surface area (Å²) >= 11 is 7.11. The molecule has 0 spiro atoms. The second kappa shape index (κ2) is 7.38. The van der Waals surface area contributed by atoms with Crippen LogP contribution in [-0.2, 0) is 20.1 Å². The highest BCUT2D eigenvalue weighted by atomic mass is 79.9. The summed E-state index contributed by atoms with van der Waals surface area (Å²) in [6.07, 6.45) is 3.31. The highest BCUT2D eigenvalue weighted by Crippen LogP contribution is 2.35. The predicted molar refractivity (Wildman–Crippen MR) is 89.1 cm³/mol. The molecule has 0 aliphatic carbocycles. The molecule has 0 fully saturated rings. The molecule has 0 amide bonds. The molecule has 7 heteroatoms. The molecule has 0 aliphatic rings. The van der Waals surface area contributed by atoms with Gasteiger partial charge in [-0.2, -0.15) is 5.10 Å². The van der Waals surface area contributed by atoms with Crippen LogP contribution in [0.4, 0.5) is 0 Å². The minimum atomic E-state index is 0.175. The summed E-state index contributed by atoms with van der Waals surface area (Å²) in [5, 5.41) is 4.02. The van der Waals surface area contributed by atoms with Crippen LogP contribution in [0.3, 0.4) is 0 Å². The Morgan fingerprint density at radius 1 is 1.33 bits per heavy atom. The number of nitrogens with zero attached hydrogens (tertiary/aromatic N) is 3. The van der Waals surface area contributed by atoms with Gasteiger partial charge in [0, 0.05) is 13.1 Å². The lowest BCUT2D eigenvalue weighted by atomic mass is 10.0. The first-order valence-corrected chi connectivity index (χ1v) is 8.29. The van der Waals surface area contributed by atoms with Crippen LogP contribution in [0.25, 0.3) is 0 Å². The van der Waals surface area contributed by atoms with Crippen molar-refractivity contribution in [2.75, 3.05) is 0 Å². The van der Waals surface area contributed by atoms with Crippen molar-refractivity contribution in [3.63, 3.8) is 0 Å². The van der Waals surface area contributed by atoms with Crippen LogP contribution in [0.2, 0.25) is 0 Å². The van der Waals surface area contributed by atoms with E-state index < -0.39 is 0 Å². The van der Waals surface area contributed by atoms with Crippen LogP contribution in [0, 0.1) is 0 Å². The molecule has 1 heterocycles. The monoisotopic (exact) mass is 416 g/mol. The Balaban J connectivity index is 2.11. The van der Waals surface area contributed by atoms with E-state index in [0.29, 0.717) is 6.61 Å². The first kappa shape index (κ1) is 16.5. The third kappa shape index (κ3) is 4.28. The zero-order valence-corrected chi connectivity index (χ0v) is 15.2. The van der Waals surface area contributed by atoms with Crippen molar-refractivity contribution in [1.29, 1.82) is 0 Å². The number of ether oxygens (including phenoxy) is 1. The van der Waals surface area contributed by atoms with E-state index in [4.69, 9.17) is 10.5 Å². The van der Waals surface area contributed by atoms with Gasteiger partial charge in [0.05, 0.1) is 8.95 Å². The fourth-order valence-corrected chi connectivity index (χ4v) is 3.41. The third-order valence-electron chi connectivity index (χ3n) is 3.23. The van der Waals surface area contributed by atoms with Crippen molar-refractivity contribution >= 4 is 31.9 Å². The molecule has 21 heavy (non-hydrogen) atoms. The van der Waals surface area contributed by atoms with E-state index in [9.17, 15) is 0 Å². The highest BCUT2D eigenvalue weighted by molar-refractivity contribution is 9.11. The van der Waals surface area contributed by atoms with Crippen LogP contribution >= 0.6 is 31.9 Å². The SMILES string of the molecule is CCC(N)Cc1cc(Br)c(OCc2ncnn2C)c(Br)c1. The fraction of sp³-hybridized carbons (Fsp3) is 0.429. The number of hydrogen-bond acceptors (Lipinski definition) is 4. The number of halogens is 2. The van der Waals surface area contributed by atoms with Crippen molar-refractivity contribution in [3.8, 4) is 5.75 Å². The number of hydrogen-bond donors (Lipinski definition) is 1. The molecule has 2 N–H and O–H groups in total. The summed E-state index contributed by atoms with van der Waals surface area (Å²) in [4.78, 5) is 4.14. The lowest BCUT2D eigenvalue weighted by molar-refractivity contribution is 0.286. The largest absolute Gasteiger partial charge is 0.483 e. The molecule has 1 unspecified atom stereocenters. The van der Waals surface area contributed by atoms with Crippen molar-refractivity contribution in [1.82, 2.24) is 14.8 Å². The zero-order valence-electron chi connectivity index (χ0n) is 12.0. The Hall–Kier alpha value is -0.920. The Kier molecular flexibility index (Phi) is 5.78. The number of benzene rings is 1. The first-order valence-electron chi connectivity index (χ1n) is 6.70. The molecule has 5 nitrogen and oxygen atoms in total. The van der Waals surface area contributed by atoms with Crippen molar-refractivity contribution in [2.24, 2.45) is 12.8 Å². The number of nitrogens with two attached hydrogens (primary N) is 1. The van der Waals surface area contributed by atoms with Crippen molar-refractivity contribution in [3.05, 3.63) is 38.8 Å². The molecule has 0 saturated carbocycles. The van der Waals surface area contributed by atoms with Crippen LogP contribution in [-0.4, -0.2) is 20.8 Å². The number of aromatic nitrogens is 3. The van der Waals surface area contributed by atoms with Gasteiger partial charge in [-0.3, -0.25) is 4.68 Å². The summed E-state index contributed by atoms with van der Waals surface area (Å²) in [5.41, 5.74) is 7.18. The summed E-state index contributed by atoms with van der Waals surface area (Å²) in [6.45, 7) is 2.45. The van der Waals surface area contributed by atoms with Gasteiger partial charge in [0.2, 0.25) is 0 Å². The summed E-state index contributed by atoms with van der Waals surface area (Å²) in [7, 11) is 1.84. The Bertz CT molecular complexity index is 592. The zero-order chi connectivity index (χ0) is 15.4. The topological polar surface area (TPSA) is 66.0 Å². The summed E-state index contributed by atoms with van der Waals surface area (Å²) < 4.78 is 9.32. The van der Waals surface area contributed by atoms with Gasteiger partial charge in [-0.15, -0.1) is 0 Å². The maximum atomic E-state index is 6.00. The maximum Gasteiger partial charge on any atom is 0.164 e. The van der Waals surface area contributed by atoms with Gasteiger partial charge in [0.1, 0.15) is 18.7 Å². The molecule has 1 aromatic carbocycles. The number of aryl methyl sites for hydroxylation is 1. The van der Waals surface area contributed by atoms with Gasteiger partial charge in [0.15, 0.2) is 5.82 Å². The van der Waals surface area contributed by atoms with Crippen LogP contribution < -0.4 is 10.5 Å². The normalized spacial score (nSPS) is 12.4. The molecule has 0 saturated heterocycles.